The first-order valence-corrected chi connectivity index (χ1v) is 11.3. The van der Waals surface area contributed by atoms with Crippen molar-refractivity contribution in [3.8, 4) is 0 Å². The SMILES string of the molecule is C=C/C(=C\N(C)C)c1cc(C)c2cnc(NCOCC3CCC(N(C)C)CC3)cc2c1. The highest BCUT2D eigenvalue weighted by Gasteiger charge is 2.22. The van der Waals surface area contributed by atoms with Crippen molar-refractivity contribution in [1.82, 2.24) is 14.8 Å². The smallest absolute Gasteiger partial charge is 0.128 e. The summed E-state index contributed by atoms with van der Waals surface area (Å²) in [7, 11) is 8.42. The van der Waals surface area contributed by atoms with E-state index in [9.17, 15) is 0 Å². The monoisotopic (exact) mass is 422 g/mol. The quantitative estimate of drug-likeness (QED) is 0.344. The fourth-order valence-corrected chi connectivity index (χ4v) is 4.41. The van der Waals surface area contributed by atoms with Gasteiger partial charge in [0.15, 0.2) is 0 Å². The van der Waals surface area contributed by atoms with Crippen molar-refractivity contribution in [2.45, 2.75) is 38.6 Å². The molecular formula is C26H38N4O. The van der Waals surface area contributed by atoms with Crippen LogP contribution in [0.5, 0.6) is 0 Å². The Bertz CT molecular complexity index is 911. The van der Waals surface area contributed by atoms with Crippen LogP contribution in [0.4, 0.5) is 5.82 Å². The Morgan fingerprint density at radius 1 is 1.16 bits per heavy atom. The van der Waals surface area contributed by atoms with E-state index in [4.69, 9.17) is 4.74 Å². The Labute approximate surface area is 187 Å². The summed E-state index contributed by atoms with van der Waals surface area (Å²) < 4.78 is 5.94. The van der Waals surface area contributed by atoms with Gasteiger partial charge in [-0.1, -0.05) is 18.7 Å². The van der Waals surface area contributed by atoms with Crippen LogP contribution in [0.15, 0.2) is 43.3 Å². The van der Waals surface area contributed by atoms with Crippen LogP contribution in [0.1, 0.15) is 36.8 Å². The summed E-state index contributed by atoms with van der Waals surface area (Å²) in [4.78, 5) is 8.98. The largest absolute Gasteiger partial charge is 0.383 e. The van der Waals surface area contributed by atoms with Gasteiger partial charge in [-0.15, -0.1) is 0 Å². The molecular weight excluding hydrogens is 384 g/mol. The maximum Gasteiger partial charge on any atom is 0.128 e. The molecule has 3 rings (SSSR count). The third kappa shape index (κ3) is 6.31. The Morgan fingerprint density at radius 2 is 1.90 bits per heavy atom. The van der Waals surface area contributed by atoms with Crippen molar-refractivity contribution < 1.29 is 4.74 Å². The van der Waals surface area contributed by atoms with E-state index in [0.717, 1.165) is 29.6 Å². The molecule has 0 spiro atoms. The second-order valence-corrected chi connectivity index (χ2v) is 9.17. The molecule has 1 aromatic heterocycles. The maximum atomic E-state index is 5.94. The van der Waals surface area contributed by atoms with Gasteiger partial charge in [0.2, 0.25) is 0 Å². The number of rotatable bonds is 9. The molecule has 168 valence electrons. The summed E-state index contributed by atoms with van der Waals surface area (Å²) in [5, 5.41) is 5.67. The average Bonchev–Trinajstić information content (AvgIpc) is 2.75. The zero-order chi connectivity index (χ0) is 22.4. The number of aryl methyl sites for hydroxylation is 1. The molecule has 1 aliphatic rings. The van der Waals surface area contributed by atoms with Gasteiger partial charge in [-0.25, -0.2) is 4.98 Å². The van der Waals surface area contributed by atoms with E-state index >= 15 is 0 Å². The van der Waals surface area contributed by atoms with Gasteiger partial charge in [0, 0.05) is 37.9 Å². The van der Waals surface area contributed by atoms with Gasteiger partial charge in [-0.05, 0) is 86.8 Å². The molecule has 31 heavy (non-hydrogen) atoms. The van der Waals surface area contributed by atoms with Gasteiger partial charge in [0.05, 0.1) is 6.61 Å². The van der Waals surface area contributed by atoms with Crippen LogP contribution in [0, 0.1) is 12.8 Å². The molecule has 1 aromatic carbocycles. The molecule has 5 heteroatoms. The lowest BCUT2D eigenvalue weighted by Crippen LogP contribution is -2.33. The summed E-state index contributed by atoms with van der Waals surface area (Å²) in [6, 6.07) is 7.24. The van der Waals surface area contributed by atoms with Crippen molar-refractivity contribution in [3.05, 3.63) is 54.4 Å². The molecule has 0 unspecified atom stereocenters. The van der Waals surface area contributed by atoms with E-state index in [1.807, 2.05) is 31.3 Å². The Hall–Kier alpha value is -2.37. The molecule has 1 heterocycles. The van der Waals surface area contributed by atoms with Crippen molar-refractivity contribution in [2.75, 3.05) is 46.8 Å². The lowest BCUT2D eigenvalue weighted by molar-refractivity contribution is 0.0823. The molecule has 0 saturated heterocycles. The van der Waals surface area contributed by atoms with Gasteiger partial charge in [-0.2, -0.15) is 0 Å². The number of benzene rings is 1. The first kappa shape index (κ1) is 23.3. The van der Waals surface area contributed by atoms with Crippen molar-refractivity contribution in [2.24, 2.45) is 5.92 Å². The summed E-state index contributed by atoms with van der Waals surface area (Å²) in [6.45, 7) is 7.42. The number of hydrogen-bond acceptors (Lipinski definition) is 5. The van der Waals surface area contributed by atoms with Gasteiger partial charge in [0.25, 0.3) is 0 Å². The molecule has 1 aliphatic carbocycles. The lowest BCUT2D eigenvalue weighted by Gasteiger charge is -2.32. The Kier molecular flexibility index (Phi) is 8.10. The number of aromatic nitrogens is 1. The zero-order valence-corrected chi connectivity index (χ0v) is 19.8. The van der Waals surface area contributed by atoms with E-state index in [0.29, 0.717) is 12.6 Å². The Morgan fingerprint density at radius 3 is 2.55 bits per heavy atom. The van der Waals surface area contributed by atoms with Gasteiger partial charge >= 0.3 is 0 Å². The van der Waals surface area contributed by atoms with Crippen LogP contribution in [0.25, 0.3) is 16.3 Å². The minimum absolute atomic E-state index is 0.489. The number of nitrogens with zero attached hydrogens (tertiary/aromatic N) is 3. The molecule has 2 aromatic rings. The van der Waals surface area contributed by atoms with E-state index < -0.39 is 0 Å². The zero-order valence-electron chi connectivity index (χ0n) is 19.8. The highest BCUT2D eigenvalue weighted by atomic mass is 16.5. The lowest BCUT2D eigenvalue weighted by atomic mass is 9.86. The second-order valence-electron chi connectivity index (χ2n) is 9.17. The van der Waals surface area contributed by atoms with Crippen LogP contribution < -0.4 is 5.32 Å². The predicted octanol–water partition coefficient (Wildman–Crippen LogP) is 5.14. The summed E-state index contributed by atoms with van der Waals surface area (Å²) in [5.74, 6) is 1.52. The molecule has 0 radical (unpaired) electrons. The molecule has 1 fully saturated rings. The van der Waals surface area contributed by atoms with Gasteiger partial charge in [0.1, 0.15) is 12.5 Å². The van der Waals surface area contributed by atoms with Crippen LogP contribution in [-0.2, 0) is 4.74 Å². The van der Waals surface area contributed by atoms with Gasteiger partial charge in [-0.3, -0.25) is 0 Å². The van der Waals surface area contributed by atoms with Crippen LogP contribution in [-0.4, -0.2) is 62.4 Å². The number of fused-ring (bicyclic) bond motifs is 1. The third-order valence-electron chi connectivity index (χ3n) is 6.25. The molecule has 0 atom stereocenters. The Balaban J connectivity index is 1.60. The molecule has 0 aliphatic heterocycles. The number of allylic oxidation sites excluding steroid dienone is 2. The number of hydrogen-bond donors (Lipinski definition) is 1. The molecule has 1 saturated carbocycles. The third-order valence-corrected chi connectivity index (χ3v) is 6.25. The number of nitrogens with one attached hydrogen (secondary N) is 1. The first-order valence-electron chi connectivity index (χ1n) is 11.3. The summed E-state index contributed by atoms with van der Waals surface area (Å²) in [6.07, 6.45) is 11.0. The topological polar surface area (TPSA) is 40.6 Å². The van der Waals surface area contributed by atoms with Crippen molar-refractivity contribution >= 4 is 22.2 Å². The minimum Gasteiger partial charge on any atom is -0.383 e. The summed E-state index contributed by atoms with van der Waals surface area (Å²) >= 11 is 0. The van der Waals surface area contributed by atoms with E-state index in [1.165, 1.54) is 42.0 Å². The normalized spacial score (nSPS) is 19.6. The van der Waals surface area contributed by atoms with Crippen molar-refractivity contribution in [3.63, 3.8) is 0 Å². The van der Waals surface area contributed by atoms with Crippen LogP contribution in [0.2, 0.25) is 0 Å². The fraction of sp³-hybridized carbons (Fsp3) is 0.500. The highest BCUT2D eigenvalue weighted by molar-refractivity contribution is 5.91. The molecule has 0 bridgehead atoms. The standard InChI is InChI=1S/C26H38N4O/c1-7-21(16-29(3)4)22-12-19(2)25-15-27-26(14-23(25)13-22)28-18-31-17-20-8-10-24(11-9-20)30(5)6/h7,12-16,20,24H,1,8-11,17-18H2,2-6H3,(H,27,28)/b21-16+. The van der Waals surface area contributed by atoms with E-state index in [1.54, 1.807) is 0 Å². The van der Waals surface area contributed by atoms with Crippen LogP contribution >= 0.6 is 0 Å². The highest BCUT2D eigenvalue weighted by Crippen LogP contribution is 2.28. The second kappa shape index (κ2) is 10.8. The summed E-state index contributed by atoms with van der Waals surface area (Å²) in [5.41, 5.74) is 3.48. The predicted molar refractivity (Wildman–Crippen MR) is 132 cm³/mol. The van der Waals surface area contributed by atoms with Crippen LogP contribution in [0.3, 0.4) is 0 Å². The molecule has 5 nitrogen and oxygen atoms in total. The fourth-order valence-electron chi connectivity index (χ4n) is 4.41. The molecule has 0 amide bonds. The number of pyridine rings is 1. The number of ether oxygens (including phenoxy) is 1. The minimum atomic E-state index is 0.489. The van der Waals surface area contributed by atoms with E-state index in [2.05, 4.69) is 67.2 Å². The number of anilines is 1. The van der Waals surface area contributed by atoms with E-state index in [-0.39, 0.29) is 0 Å². The maximum absolute atomic E-state index is 5.94. The average molecular weight is 423 g/mol. The van der Waals surface area contributed by atoms with Crippen molar-refractivity contribution in [1.29, 1.82) is 0 Å². The molecule has 1 N–H and O–H groups in total. The van der Waals surface area contributed by atoms with Gasteiger partial charge < -0.3 is 19.9 Å². The first-order chi connectivity index (χ1) is 14.9.